The first-order chi connectivity index (χ1) is 14.6. The van der Waals surface area contributed by atoms with Gasteiger partial charge < -0.3 is 15.2 Å². The summed E-state index contributed by atoms with van der Waals surface area (Å²) in [7, 11) is 0. The van der Waals surface area contributed by atoms with Crippen LogP contribution in [0.3, 0.4) is 0 Å². The largest absolute Gasteiger partial charge is 0.326 e. The highest BCUT2D eigenvalue weighted by Gasteiger charge is 2.23. The molecule has 3 aromatic rings. The van der Waals surface area contributed by atoms with E-state index in [2.05, 4.69) is 20.8 Å². The molecule has 0 saturated carbocycles. The van der Waals surface area contributed by atoms with Crippen LogP contribution in [0, 0.1) is 0 Å². The van der Waals surface area contributed by atoms with Crippen molar-refractivity contribution in [2.75, 3.05) is 10.6 Å². The van der Waals surface area contributed by atoms with Gasteiger partial charge in [-0.25, -0.2) is 0 Å². The second kappa shape index (κ2) is 10.6. The summed E-state index contributed by atoms with van der Waals surface area (Å²) in [5, 5.41) is 14.6. The fourth-order valence-corrected chi connectivity index (χ4v) is 3.96. The Hall–Kier alpha value is -3.13. The summed E-state index contributed by atoms with van der Waals surface area (Å²) in [4.78, 5) is 25.1. The van der Waals surface area contributed by atoms with Crippen LogP contribution < -0.4 is 10.6 Å². The minimum absolute atomic E-state index is 0.0808. The molecule has 0 aliphatic carbocycles. The third-order valence-corrected chi connectivity index (χ3v) is 5.78. The van der Waals surface area contributed by atoms with Gasteiger partial charge in [0.2, 0.25) is 11.8 Å². The number of hydrogen-bond acceptors (Lipinski definition) is 5. The topological polar surface area (TPSA) is 88.9 Å². The normalized spacial score (nSPS) is 11.7. The van der Waals surface area contributed by atoms with Gasteiger partial charge in [0.15, 0.2) is 5.16 Å². The molecule has 1 aromatic heterocycles. The number of hydrogen-bond donors (Lipinski definition) is 2. The highest BCUT2D eigenvalue weighted by molar-refractivity contribution is 8.00. The van der Waals surface area contributed by atoms with Crippen molar-refractivity contribution in [2.24, 2.45) is 0 Å². The van der Waals surface area contributed by atoms with Crippen LogP contribution in [0.15, 0.2) is 65.8 Å². The van der Waals surface area contributed by atoms with Gasteiger partial charge in [-0.1, -0.05) is 55.1 Å². The fraction of sp³-hybridized carbons (Fsp3) is 0.273. The number of anilines is 2. The highest BCUT2D eigenvalue weighted by atomic mass is 32.2. The summed E-state index contributed by atoms with van der Waals surface area (Å²) in [5.41, 5.74) is 1.50. The first kappa shape index (κ1) is 21.6. The quantitative estimate of drug-likeness (QED) is 0.508. The molecule has 0 bridgehead atoms. The molecule has 0 spiro atoms. The van der Waals surface area contributed by atoms with Crippen molar-refractivity contribution < 1.29 is 9.59 Å². The Kier molecular flexibility index (Phi) is 7.62. The number of benzene rings is 2. The first-order valence-corrected chi connectivity index (χ1v) is 10.8. The Labute approximate surface area is 180 Å². The molecule has 0 unspecified atom stereocenters. The van der Waals surface area contributed by atoms with Crippen LogP contribution in [-0.4, -0.2) is 31.8 Å². The van der Waals surface area contributed by atoms with Gasteiger partial charge in [0, 0.05) is 17.9 Å². The average Bonchev–Trinajstić information content (AvgIpc) is 3.14. The Balaban J connectivity index is 1.66. The Bertz CT molecular complexity index is 976. The maximum Gasteiger partial charge on any atom is 0.237 e. The molecule has 0 aliphatic rings. The number of carbonyl (C=O) groups is 2. The van der Waals surface area contributed by atoms with Crippen LogP contribution in [0.2, 0.25) is 0 Å². The van der Waals surface area contributed by atoms with Crippen molar-refractivity contribution in [1.29, 1.82) is 0 Å². The lowest BCUT2D eigenvalue weighted by Crippen LogP contribution is -2.25. The first-order valence-electron chi connectivity index (χ1n) is 9.90. The third-order valence-electron chi connectivity index (χ3n) is 4.44. The van der Waals surface area contributed by atoms with Gasteiger partial charge in [0.05, 0.1) is 11.7 Å². The van der Waals surface area contributed by atoms with Crippen molar-refractivity contribution in [1.82, 2.24) is 14.8 Å². The molecule has 8 heteroatoms. The molecule has 1 heterocycles. The maximum absolute atomic E-state index is 12.7. The van der Waals surface area contributed by atoms with Gasteiger partial charge in [0.1, 0.15) is 5.82 Å². The summed E-state index contributed by atoms with van der Waals surface area (Å²) < 4.78 is 1.88. The highest BCUT2D eigenvalue weighted by Crippen LogP contribution is 2.26. The summed E-state index contributed by atoms with van der Waals surface area (Å²) in [6.07, 6.45) is 0.757. The standard InChI is InChI=1S/C22H25N5O2S/c1-3-18(21(29)24-17-13-9-6-10-14-17)30-22-26-25-19(27(22)4-2)15-20(28)23-16-11-7-5-8-12-16/h5-14,18H,3-4,15H2,1-2H3,(H,23,28)(H,24,29)/t18-/m1/s1. The van der Waals surface area contributed by atoms with E-state index in [1.165, 1.54) is 11.8 Å². The van der Waals surface area contributed by atoms with E-state index in [0.717, 1.165) is 11.4 Å². The number of para-hydroxylation sites is 2. The molecule has 7 nitrogen and oxygen atoms in total. The van der Waals surface area contributed by atoms with E-state index in [9.17, 15) is 9.59 Å². The molecular weight excluding hydrogens is 398 g/mol. The lowest BCUT2D eigenvalue weighted by Gasteiger charge is -2.15. The van der Waals surface area contributed by atoms with Gasteiger partial charge in [-0.05, 0) is 37.6 Å². The number of aromatic nitrogens is 3. The minimum atomic E-state index is -0.314. The number of carbonyl (C=O) groups excluding carboxylic acids is 2. The van der Waals surface area contributed by atoms with Crippen molar-refractivity contribution in [3.05, 3.63) is 66.5 Å². The predicted octanol–water partition coefficient (Wildman–Crippen LogP) is 3.99. The zero-order valence-electron chi connectivity index (χ0n) is 17.0. The zero-order valence-corrected chi connectivity index (χ0v) is 17.9. The Morgan fingerprint density at radius 2 is 1.53 bits per heavy atom. The molecule has 1 atom stereocenters. The van der Waals surface area contributed by atoms with E-state index < -0.39 is 0 Å². The van der Waals surface area contributed by atoms with Crippen molar-refractivity contribution in [3.8, 4) is 0 Å². The molecular formula is C22H25N5O2S. The number of nitrogens with zero attached hydrogens (tertiary/aromatic N) is 3. The average molecular weight is 424 g/mol. The van der Waals surface area contributed by atoms with E-state index in [1.54, 1.807) is 0 Å². The van der Waals surface area contributed by atoms with Crippen molar-refractivity contribution in [3.63, 3.8) is 0 Å². The van der Waals surface area contributed by atoms with Gasteiger partial charge in [-0.15, -0.1) is 10.2 Å². The summed E-state index contributed by atoms with van der Waals surface area (Å²) in [5.74, 6) is 0.336. The number of thioether (sulfide) groups is 1. The molecule has 2 amide bonds. The molecule has 2 N–H and O–H groups in total. The summed E-state index contributed by atoms with van der Waals surface area (Å²) in [6.45, 7) is 4.54. The molecule has 156 valence electrons. The van der Waals surface area contributed by atoms with Crippen LogP contribution in [0.25, 0.3) is 0 Å². The molecule has 0 saturated heterocycles. The molecule has 0 radical (unpaired) electrons. The summed E-state index contributed by atoms with van der Waals surface area (Å²) >= 11 is 1.36. The molecule has 30 heavy (non-hydrogen) atoms. The maximum atomic E-state index is 12.7. The van der Waals surface area contributed by atoms with Crippen LogP contribution in [0.4, 0.5) is 11.4 Å². The van der Waals surface area contributed by atoms with Crippen molar-refractivity contribution in [2.45, 2.75) is 43.6 Å². The molecule has 0 aliphatic heterocycles. The van der Waals surface area contributed by atoms with E-state index in [-0.39, 0.29) is 23.5 Å². The molecule has 2 aromatic carbocycles. The second-order valence-corrected chi connectivity index (χ2v) is 7.77. The van der Waals surface area contributed by atoms with E-state index >= 15 is 0 Å². The lowest BCUT2D eigenvalue weighted by molar-refractivity contribution is -0.116. The van der Waals surface area contributed by atoms with Crippen molar-refractivity contribution >= 4 is 35.0 Å². The fourth-order valence-electron chi connectivity index (χ4n) is 2.92. The van der Waals surface area contributed by atoms with Gasteiger partial charge in [-0.3, -0.25) is 9.59 Å². The molecule has 3 rings (SSSR count). The number of amides is 2. The van der Waals surface area contributed by atoms with Crippen LogP contribution in [0.5, 0.6) is 0 Å². The van der Waals surface area contributed by atoms with E-state index in [1.807, 2.05) is 79.1 Å². The van der Waals surface area contributed by atoms with E-state index in [0.29, 0.717) is 23.9 Å². The zero-order chi connectivity index (χ0) is 21.3. The Morgan fingerprint density at radius 3 is 2.10 bits per heavy atom. The van der Waals surface area contributed by atoms with E-state index in [4.69, 9.17) is 0 Å². The third kappa shape index (κ3) is 5.70. The van der Waals surface area contributed by atoms with Gasteiger partial charge >= 0.3 is 0 Å². The van der Waals surface area contributed by atoms with Gasteiger partial charge in [0.25, 0.3) is 0 Å². The van der Waals surface area contributed by atoms with Crippen LogP contribution in [0.1, 0.15) is 26.1 Å². The monoisotopic (exact) mass is 423 g/mol. The van der Waals surface area contributed by atoms with Crippen LogP contribution >= 0.6 is 11.8 Å². The summed E-state index contributed by atoms with van der Waals surface area (Å²) in [6, 6.07) is 18.7. The molecule has 0 fully saturated rings. The predicted molar refractivity (Wildman–Crippen MR) is 119 cm³/mol. The smallest absolute Gasteiger partial charge is 0.237 e. The minimum Gasteiger partial charge on any atom is -0.326 e. The SMILES string of the molecule is CC[C@@H](Sc1nnc(CC(=O)Nc2ccccc2)n1CC)C(=O)Nc1ccccc1. The lowest BCUT2D eigenvalue weighted by atomic mass is 10.3. The van der Waals surface area contributed by atoms with Crippen LogP contribution in [-0.2, 0) is 22.6 Å². The van der Waals surface area contributed by atoms with Gasteiger partial charge in [-0.2, -0.15) is 0 Å². The second-order valence-electron chi connectivity index (χ2n) is 6.60. The number of rotatable bonds is 9. The number of nitrogens with one attached hydrogen (secondary N) is 2. The Morgan fingerprint density at radius 1 is 0.933 bits per heavy atom.